The van der Waals surface area contributed by atoms with Crippen LogP contribution in [-0.2, 0) is 16.3 Å². The second-order valence-corrected chi connectivity index (χ2v) is 7.70. The second kappa shape index (κ2) is 5.58. The first-order chi connectivity index (χ1) is 10.6. The number of rotatable bonds is 4. The molecular formula is C18H17NO2S. The fraction of sp³-hybridized carbons (Fsp3) is 0.278. The molecule has 1 aliphatic rings. The molecule has 0 aromatic heterocycles. The molecule has 2 aromatic carbocycles. The molecule has 4 heteroatoms. The van der Waals surface area contributed by atoms with Crippen LogP contribution >= 0.6 is 0 Å². The molecule has 0 heterocycles. The van der Waals surface area contributed by atoms with Crippen LogP contribution in [-0.4, -0.2) is 13.7 Å². The number of benzene rings is 2. The summed E-state index contributed by atoms with van der Waals surface area (Å²) in [5, 5.41) is 8.67. The number of aryl methyl sites for hydroxylation is 1. The van der Waals surface area contributed by atoms with Crippen molar-refractivity contribution in [3.8, 4) is 6.07 Å². The molecule has 0 N–H and O–H groups in total. The van der Waals surface area contributed by atoms with Crippen molar-refractivity contribution < 1.29 is 8.42 Å². The first kappa shape index (κ1) is 14.8. The number of sulfone groups is 1. The third-order valence-corrected chi connectivity index (χ3v) is 6.54. The first-order valence-corrected chi connectivity index (χ1v) is 8.91. The quantitative estimate of drug-likeness (QED) is 0.870. The highest BCUT2D eigenvalue weighted by Gasteiger charge is 2.59. The first-order valence-electron chi connectivity index (χ1n) is 7.37. The summed E-state index contributed by atoms with van der Waals surface area (Å²) in [4.78, 5) is 0.299. The highest BCUT2D eigenvalue weighted by molar-refractivity contribution is 7.92. The molecule has 3 atom stereocenters. The van der Waals surface area contributed by atoms with E-state index >= 15 is 0 Å². The van der Waals surface area contributed by atoms with E-state index in [4.69, 9.17) is 0 Å². The molecule has 0 unspecified atom stereocenters. The minimum atomic E-state index is -3.46. The van der Waals surface area contributed by atoms with Gasteiger partial charge in [0, 0.05) is 5.92 Å². The van der Waals surface area contributed by atoms with Gasteiger partial charge in [-0.3, -0.25) is 0 Å². The van der Waals surface area contributed by atoms with E-state index in [1.807, 2.05) is 24.3 Å². The maximum atomic E-state index is 12.7. The average molecular weight is 311 g/mol. The SMILES string of the molecule is CCc1ccc([C@@H]2[C@H](C#N)[C@@H]2S(=O)(=O)c2ccccc2)cc1. The monoisotopic (exact) mass is 311 g/mol. The second-order valence-electron chi connectivity index (χ2n) is 5.60. The van der Waals surface area contributed by atoms with Crippen LogP contribution in [0.5, 0.6) is 0 Å². The third kappa shape index (κ3) is 2.42. The van der Waals surface area contributed by atoms with E-state index in [0.29, 0.717) is 4.90 Å². The molecule has 1 aliphatic carbocycles. The topological polar surface area (TPSA) is 57.9 Å². The van der Waals surface area contributed by atoms with Crippen LogP contribution in [0.3, 0.4) is 0 Å². The fourth-order valence-electron chi connectivity index (χ4n) is 2.96. The van der Waals surface area contributed by atoms with E-state index in [9.17, 15) is 13.7 Å². The molecule has 0 amide bonds. The molecule has 2 aromatic rings. The van der Waals surface area contributed by atoms with Crippen LogP contribution in [0, 0.1) is 17.2 Å². The lowest BCUT2D eigenvalue weighted by Crippen LogP contribution is -2.10. The summed E-state index contributed by atoms with van der Waals surface area (Å²) in [6, 6.07) is 18.5. The van der Waals surface area contributed by atoms with Crippen LogP contribution < -0.4 is 0 Å². The minimum absolute atomic E-state index is 0.221. The molecule has 1 fully saturated rings. The lowest BCUT2D eigenvalue weighted by molar-refractivity contribution is 0.593. The molecule has 22 heavy (non-hydrogen) atoms. The van der Waals surface area contributed by atoms with E-state index in [1.165, 1.54) is 5.56 Å². The Morgan fingerprint density at radius 2 is 1.68 bits per heavy atom. The predicted octanol–water partition coefficient (Wildman–Crippen LogP) is 3.33. The van der Waals surface area contributed by atoms with E-state index in [0.717, 1.165) is 12.0 Å². The number of nitriles is 1. The van der Waals surface area contributed by atoms with Crippen molar-refractivity contribution in [1.29, 1.82) is 5.26 Å². The Morgan fingerprint density at radius 1 is 1.05 bits per heavy atom. The normalized spacial score (nSPS) is 23.7. The Bertz CT molecular complexity index is 804. The van der Waals surface area contributed by atoms with Gasteiger partial charge in [0.25, 0.3) is 0 Å². The molecule has 0 radical (unpaired) electrons. The van der Waals surface area contributed by atoms with Gasteiger partial charge in [-0.15, -0.1) is 0 Å². The molecule has 0 aliphatic heterocycles. The summed E-state index contributed by atoms with van der Waals surface area (Å²) in [5.41, 5.74) is 2.15. The largest absolute Gasteiger partial charge is 0.223 e. The van der Waals surface area contributed by atoms with Crippen molar-refractivity contribution in [3.05, 3.63) is 65.7 Å². The summed E-state index contributed by atoms with van der Waals surface area (Å²) >= 11 is 0. The van der Waals surface area contributed by atoms with Gasteiger partial charge in [-0.2, -0.15) is 5.26 Å². The van der Waals surface area contributed by atoms with Crippen LogP contribution in [0.15, 0.2) is 59.5 Å². The van der Waals surface area contributed by atoms with E-state index in [1.54, 1.807) is 30.3 Å². The highest BCUT2D eigenvalue weighted by atomic mass is 32.2. The van der Waals surface area contributed by atoms with Crippen molar-refractivity contribution in [2.75, 3.05) is 0 Å². The van der Waals surface area contributed by atoms with E-state index < -0.39 is 21.0 Å². The Labute approximate surface area is 131 Å². The maximum Gasteiger partial charge on any atom is 0.183 e. The van der Waals surface area contributed by atoms with Gasteiger partial charge in [0.2, 0.25) is 0 Å². The van der Waals surface area contributed by atoms with Gasteiger partial charge in [-0.25, -0.2) is 8.42 Å². The van der Waals surface area contributed by atoms with Gasteiger partial charge in [0.1, 0.15) is 0 Å². The molecule has 0 bridgehead atoms. The lowest BCUT2D eigenvalue weighted by atomic mass is 10.1. The molecule has 0 saturated heterocycles. The Balaban J connectivity index is 1.93. The van der Waals surface area contributed by atoms with Gasteiger partial charge >= 0.3 is 0 Å². The summed E-state index contributed by atoms with van der Waals surface area (Å²) in [5.74, 6) is -0.682. The van der Waals surface area contributed by atoms with Gasteiger partial charge in [0.15, 0.2) is 9.84 Å². The molecule has 1 saturated carbocycles. The molecule has 0 spiro atoms. The smallest absolute Gasteiger partial charge is 0.183 e. The summed E-state index contributed by atoms with van der Waals surface area (Å²) in [7, 11) is -3.46. The standard InChI is InChI=1S/C18H17NO2S/c1-2-13-8-10-14(11-9-13)17-16(12-19)18(17)22(20,21)15-6-4-3-5-7-15/h3-11,16-18H,2H2,1H3/t16-,17+,18-/m0/s1. The summed E-state index contributed by atoms with van der Waals surface area (Å²) in [6.45, 7) is 2.08. The summed E-state index contributed by atoms with van der Waals surface area (Å²) in [6.07, 6.45) is 0.943. The fourth-order valence-corrected chi connectivity index (χ4v) is 5.05. The Kier molecular flexibility index (Phi) is 3.76. The van der Waals surface area contributed by atoms with Crippen LogP contribution in [0.1, 0.15) is 24.0 Å². The van der Waals surface area contributed by atoms with Gasteiger partial charge in [-0.05, 0) is 29.7 Å². The zero-order chi connectivity index (χ0) is 15.7. The lowest BCUT2D eigenvalue weighted by Gasteiger charge is -2.04. The molecule has 3 nitrogen and oxygen atoms in total. The number of nitrogens with zero attached hydrogens (tertiary/aromatic N) is 1. The number of hydrogen-bond acceptors (Lipinski definition) is 3. The van der Waals surface area contributed by atoms with E-state index in [2.05, 4.69) is 13.0 Å². The Morgan fingerprint density at radius 3 is 2.23 bits per heavy atom. The van der Waals surface area contributed by atoms with Crippen LogP contribution in [0.25, 0.3) is 0 Å². The van der Waals surface area contributed by atoms with Gasteiger partial charge in [0.05, 0.1) is 22.1 Å². The van der Waals surface area contributed by atoms with Crippen molar-refractivity contribution in [3.63, 3.8) is 0 Å². The zero-order valence-corrected chi connectivity index (χ0v) is 13.1. The summed E-state index contributed by atoms with van der Waals surface area (Å²) < 4.78 is 25.4. The predicted molar refractivity (Wildman–Crippen MR) is 85.1 cm³/mol. The average Bonchev–Trinajstić information content (AvgIpc) is 3.31. The zero-order valence-electron chi connectivity index (χ0n) is 12.3. The minimum Gasteiger partial charge on any atom is -0.223 e. The van der Waals surface area contributed by atoms with Gasteiger partial charge < -0.3 is 0 Å². The van der Waals surface area contributed by atoms with Crippen LogP contribution in [0.4, 0.5) is 0 Å². The van der Waals surface area contributed by atoms with E-state index in [-0.39, 0.29) is 5.92 Å². The maximum absolute atomic E-state index is 12.7. The third-order valence-electron chi connectivity index (χ3n) is 4.31. The van der Waals surface area contributed by atoms with Crippen molar-refractivity contribution in [2.24, 2.45) is 5.92 Å². The van der Waals surface area contributed by atoms with Crippen LogP contribution in [0.2, 0.25) is 0 Å². The van der Waals surface area contributed by atoms with Gasteiger partial charge in [-0.1, -0.05) is 49.4 Å². The van der Waals surface area contributed by atoms with Crippen molar-refractivity contribution in [1.82, 2.24) is 0 Å². The molecule has 3 rings (SSSR count). The number of hydrogen-bond donors (Lipinski definition) is 0. The highest BCUT2D eigenvalue weighted by Crippen LogP contribution is 2.53. The molecule has 112 valence electrons. The van der Waals surface area contributed by atoms with Crippen molar-refractivity contribution in [2.45, 2.75) is 29.4 Å². The van der Waals surface area contributed by atoms with Crippen molar-refractivity contribution >= 4 is 9.84 Å². The molecular weight excluding hydrogens is 294 g/mol. The Hall–Kier alpha value is -2.12.